The molecular weight excluding hydrogens is 342 g/mol. The van der Waals surface area contributed by atoms with Crippen LogP contribution in [-0.2, 0) is 11.3 Å². The lowest BCUT2D eigenvalue weighted by Crippen LogP contribution is -2.39. The van der Waals surface area contributed by atoms with E-state index in [0.717, 1.165) is 10.3 Å². The zero-order valence-electron chi connectivity index (χ0n) is 11.5. The molecule has 2 heterocycles. The predicted octanol–water partition coefficient (Wildman–Crippen LogP) is 3.27. The van der Waals surface area contributed by atoms with Crippen molar-refractivity contribution < 1.29 is 9.32 Å². The van der Waals surface area contributed by atoms with E-state index < -0.39 is 0 Å². The average Bonchev–Trinajstić information content (AvgIpc) is 2.97. The fraction of sp³-hybridized carbons (Fsp3) is 0.385. The highest BCUT2D eigenvalue weighted by atomic mass is 79.9. The molecular formula is C13H16BrN3O2S. The van der Waals surface area contributed by atoms with Crippen molar-refractivity contribution in [2.75, 3.05) is 12.4 Å². The number of anilines is 1. The number of thiophene rings is 1. The Labute approximate surface area is 130 Å². The first-order valence-corrected chi connectivity index (χ1v) is 7.75. The van der Waals surface area contributed by atoms with E-state index in [-0.39, 0.29) is 11.9 Å². The van der Waals surface area contributed by atoms with Crippen molar-refractivity contribution in [2.45, 2.75) is 26.4 Å². The molecule has 0 aliphatic carbocycles. The van der Waals surface area contributed by atoms with Gasteiger partial charge in [-0.2, -0.15) is 0 Å². The number of nitrogens with one attached hydrogen (secondary N) is 1. The SMILES string of the molecule is Cc1cc(NC(=O)[C@H](C)N(C)Cc2ccc(Br)s2)no1. The average molecular weight is 358 g/mol. The number of nitrogens with zero attached hydrogens (tertiary/aromatic N) is 2. The van der Waals surface area contributed by atoms with Crippen molar-refractivity contribution >= 4 is 39.0 Å². The number of carbonyl (C=O) groups excluding carboxylic acids is 1. The molecule has 0 fully saturated rings. The largest absolute Gasteiger partial charge is 0.360 e. The summed E-state index contributed by atoms with van der Waals surface area (Å²) >= 11 is 5.11. The van der Waals surface area contributed by atoms with Gasteiger partial charge in [0.05, 0.1) is 9.83 Å². The number of amides is 1. The molecule has 20 heavy (non-hydrogen) atoms. The smallest absolute Gasteiger partial charge is 0.242 e. The van der Waals surface area contributed by atoms with E-state index in [1.165, 1.54) is 4.88 Å². The lowest BCUT2D eigenvalue weighted by Gasteiger charge is -2.22. The van der Waals surface area contributed by atoms with Gasteiger partial charge in [0.15, 0.2) is 5.82 Å². The van der Waals surface area contributed by atoms with Crippen LogP contribution in [0.2, 0.25) is 0 Å². The number of hydrogen-bond acceptors (Lipinski definition) is 5. The molecule has 0 radical (unpaired) electrons. The Morgan fingerprint density at radius 3 is 2.90 bits per heavy atom. The molecule has 2 aromatic heterocycles. The molecule has 1 atom stereocenters. The molecule has 0 aromatic carbocycles. The third kappa shape index (κ3) is 3.91. The molecule has 0 aliphatic rings. The van der Waals surface area contributed by atoms with Crippen LogP contribution >= 0.6 is 27.3 Å². The Balaban J connectivity index is 1.92. The number of aryl methyl sites for hydroxylation is 1. The quantitative estimate of drug-likeness (QED) is 0.891. The molecule has 2 rings (SSSR count). The highest BCUT2D eigenvalue weighted by Gasteiger charge is 2.19. The molecule has 0 bridgehead atoms. The maximum Gasteiger partial charge on any atom is 0.242 e. The van der Waals surface area contributed by atoms with Crippen LogP contribution in [0.4, 0.5) is 5.82 Å². The Bertz CT molecular complexity index is 596. The van der Waals surface area contributed by atoms with Gasteiger partial charge in [-0.15, -0.1) is 11.3 Å². The van der Waals surface area contributed by atoms with Gasteiger partial charge in [0, 0.05) is 17.5 Å². The zero-order valence-corrected chi connectivity index (χ0v) is 13.9. The van der Waals surface area contributed by atoms with Gasteiger partial charge in [-0.05, 0) is 49.0 Å². The van der Waals surface area contributed by atoms with Crippen molar-refractivity contribution in [1.82, 2.24) is 10.1 Å². The van der Waals surface area contributed by atoms with Crippen molar-refractivity contribution in [3.05, 3.63) is 32.6 Å². The number of likely N-dealkylation sites (N-methyl/N-ethyl adjacent to an activating group) is 1. The monoisotopic (exact) mass is 357 g/mol. The molecule has 0 saturated carbocycles. The molecule has 0 aliphatic heterocycles. The van der Waals surface area contributed by atoms with Gasteiger partial charge in [-0.25, -0.2) is 0 Å². The first kappa shape index (κ1) is 15.2. The highest BCUT2D eigenvalue weighted by Crippen LogP contribution is 2.23. The fourth-order valence-electron chi connectivity index (χ4n) is 1.68. The summed E-state index contributed by atoms with van der Waals surface area (Å²) in [5, 5.41) is 6.50. The third-order valence-electron chi connectivity index (χ3n) is 2.95. The molecule has 0 saturated heterocycles. The van der Waals surface area contributed by atoms with Gasteiger partial charge in [0.25, 0.3) is 0 Å². The van der Waals surface area contributed by atoms with Gasteiger partial charge < -0.3 is 9.84 Å². The molecule has 0 unspecified atom stereocenters. The van der Waals surface area contributed by atoms with Crippen LogP contribution in [0.3, 0.4) is 0 Å². The topological polar surface area (TPSA) is 58.4 Å². The number of carbonyl (C=O) groups is 1. The maximum absolute atomic E-state index is 12.1. The van der Waals surface area contributed by atoms with Crippen molar-refractivity contribution in [3.63, 3.8) is 0 Å². The van der Waals surface area contributed by atoms with Gasteiger partial charge in [0.1, 0.15) is 5.76 Å². The summed E-state index contributed by atoms with van der Waals surface area (Å²) in [6, 6.07) is 5.50. The minimum Gasteiger partial charge on any atom is -0.360 e. The molecule has 7 heteroatoms. The van der Waals surface area contributed by atoms with E-state index in [2.05, 4.69) is 32.5 Å². The first-order valence-electron chi connectivity index (χ1n) is 6.14. The molecule has 1 N–H and O–H groups in total. The van der Waals surface area contributed by atoms with Crippen LogP contribution < -0.4 is 5.32 Å². The van der Waals surface area contributed by atoms with E-state index in [0.29, 0.717) is 11.6 Å². The first-order chi connectivity index (χ1) is 9.45. The third-order valence-corrected chi connectivity index (χ3v) is 4.56. The summed E-state index contributed by atoms with van der Waals surface area (Å²) in [5.74, 6) is 1.02. The summed E-state index contributed by atoms with van der Waals surface area (Å²) in [6.07, 6.45) is 0. The second kappa shape index (κ2) is 6.51. The molecule has 0 spiro atoms. The molecule has 2 aromatic rings. The number of halogens is 1. The molecule has 1 amide bonds. The summed E-state index contributed by atoms with van der Waals surface area (Å²) < 4.78 is 6.02. The lowest BCUT2D eigenvalue weighted by molar-refractivity contribution is -0.120. The summed E-state index contributed by atoms with van der Waals surface area (Å²) in [4.78, 5) is 15.3. The Hall–Kier alpha value is -1.18. The molecule has 5 nitrogen and oxygen atoms in total. The number of hydrogen-bond donors (Lipinski definition) is 1. The Morgan fingerprint density at radius 1 is 1.60 bits per heavy atom. The van der Waals surface area contributed by atoms with Gasteiger partial charge in [-0.3, -0.25) is 9.69 Å². The van der Waals surface area contributed by atoms with Crippen LogP contribution in [-0.4, -0.2) is 29.1 Å². The van der Waals surface area contributed by atoms with E-state index in [1.807, 2.05) is 24.9 Å². The minimum atomic E-state index is -0.257. The van der Waals surface area contributed by atoms with Crippen LogP contribution in [0, 0.1) is 6.92 Å². The Kier molecular flexibility index (Phi) is 4.95. The summed E-state index contributed by atoms with van der Waals surface area (Å²) in [7, 11) is 1.92. The lowest BCUT2D eigenvalue weighted by atomic mass is 10.2. The Morgan fingerprint density at radius 2 is 2.35 bits per heavy atom. The van der Waals surface area contributed by atoms with E-state index in [4.69, 9.17) is 4.52 Å². The maximum atomic E-state index is 12.1. The minimum absolute atomic E-state index is 0.101. The van der Waals surface area contributed by atoms with E-state index >= 15 is 0 Å². The van der Waals surface area contributed by atoms with Gasteiger partial charge in [0.2, 0.25) is 5.91 Å². The predicted molar refractivity (Wildman–Crippen MR) is 82.8 cm³/mol. The van der Waals surface area contributed by atoms with Crippen molar-refractivity contribution in [3.8, 4) is 0 Å². The summed E-state index contributed by atoms with van der Waals surface area (Å²) in [6.45, 7) is 4.38. The highest BCUT2D eigenvalue weighted by molar-refractivity contribution is 9.11. The van der Waals surface area contributed by atoms with Crippen LogP contribution in [0.1, 0.15) is 17.6 Å². The van der Waals surface area contributed by atoms with Gasteiger partial charge >= 0.3 is 0 Å². The van der Waals surface area contributed by atoms with E-state index in [1.54, 1.807) is 24.3 Å². The summed E-state index contributed by atoms with van der Waals surface area (Å²) in [5.41, 5.74) is 0. The zero-order chi connectivity index (χ0) is 14.7. The standard InChI is InChI=1S/C13H16BrN3O2S/c1-8-6-12(16-19-8)15-13(18)9(2)17(3)7-10-4-5-11(14)20-10/h4-6,9H,7H2,1-3H3,(H,15,16,18)/t9-/m0/s1. The van der Waals surface area contributed by atoms with Gasteiger partial charge in [-0.1, -0.05) is 5.16 Å². The van der Waals surface area contributed by atoms with E-state index in [9.17, 15) is 4.79 Å². The van der Waals surface area contributed by atoms with Crippen LogP contribution in [0.25, 0.3) is 0 Å². The van der Waals surface area contributed by atoms with Crippen LogP contribution in [0.15, 0.2) is 26.5 Å². The van der Waals surface area contributed by atoms with Crippen molar-refractivity contribution in [1.29, 1.82) is 0 Å². The van der Waals surface area contributed by atoms with Crippen LogP contribution in [0.5, 0.6) is 0 Å². The normalized spacial score (nSPS) is 12.7. The second-order valence-electron chi connectivity index (χ2n) is 4.61. The van der Waals surface area contributed by atoms with Crippen molar-refractivity contribution in [2.24, 2.45) is 0 Å². The molecule has 108 valence electrons. The number of rotatable bonds is 5. The fourth-order valence-corrected chi connectivity index (χ4v) is 3.22. The number of aromatic nitrogens is 1. The second-order valence-corrected chi connectivity index (χ2v) is 7.16.